The first-order chi connectivity index (χ1) is 13.6. The van der Waals surface area contributed by atoms with Crippen molar-refractivity contribution in [2.24, 2.45) is 0 Å². The number of aryl methyl sites for hydroxylation is 1. The molecule has 1 fully saturated rings. The van der Waals surface area contributed by atoms with Gasteiger partial charge >= 0.3 is 0 Å². The van der Waals surface area contributed by atoms with Crippen LogP contribution in [0.4, 0.5) is 4.39 Å². The second-order valence-corrected chi connectivity index (χ2v) is 7.61. The maximum Gasteiger partial charge on any atom is 0.239 e. The predicted octanol–water partition coefficient (Wildman–Crippen LogP) is 3.95. The first-order valence-electron chi connectivity index (χ1n) is 9.73. The Labute approximate surface area is 164 Å². The lowest BCUT2D eigenvalue weighted by molar-refractivity contribution is -0.122. The Hall–Kier alpha value is -2.66. The molecule has 3 aromatic rings. The Kier molecular flexibility index (Phi) is 5.18. The molecule has 1 amide bonds. The van der Waals surface area contributed by atoms with Crippen molar-refractivity contribution in [1.29, 1.82) is 0 Å². The van der Waals surface area contributed by atoms with Crippen LogP contribution in [0.15, 0.2) is 54.6 Å². The number of rotatable bonds is 5. The number of amides is 1. The minimum atomic E-state index is -0.245. The second kappa shape index (κ2) is 7.76. The molecule has 0 atom stereocenters. The number of ether oxygens (including phenoxy) is 1. The fourth-order valence-corrected chi connectivity index (χ4v) is 4.16. The average Bonchev–Trinajstić information content (AvgIpc) is 3.03. The van der Waals surface area contributed by atoms with Gasteiger partial charge in [-0.2, -0.15) is 0 Å². The Morgan fingerprint density at radius 1 is 1.14 bits per heavy atom. The van der Waals surface area contributed by atoms with Crippen molar-refractivity contribution in [3.05, 3.63) is 71.7 Å². The molecule has 1 aromatic heterocycles. The third-order valence-corrected chi connectivity index (χ3v) is 5.85. The highest BCUT2D eigenvalue weighted by Crippen LogP contribution is 2.34. The van der Waals surface area contributed by atoms with Gasteiger partial charge in [-0.05, 0) is 55.0 Å². The van der Waals surface area contributed by atoms with Gasteiger partial charge in [-0.25, -0.2) is 4.39 Å². The van der Waals surface area contributed by atoms with Crippen molar-refractivity contribution in [2.45, 2.75) is 31.7 Å². The van der Waals surface area contributed by atoms with Gasteiger partial charge in [0, 0.05) is 36.4 Å². The van der Waals surface area contributed by atoms with Crippen LogP contribution in [0.3, 0.4) is 0 Å². The molecule has 1 aliphatic rings. The monoisotopic (exact) mass is 380 g/mol. The van der Waals surface area contributed by atoms with Crippen LogP contribution in [0.25, 0.3) is 10.9 Å². The summed E-state index contributed by atoms with van der Waals surface area (Å²) in [6, 6.07) is 16.8. The largest absolute Gasteiger partial charge is 0.381 e. The summed E-state index contributed by atoms with van der Waals surface area (Å²) in [5.74, 6) is -0.262. The summed E-state index contributed by atoms with van der Waals surface area (Å²) in [6.07, 6.45) is 1.62. The topological polar surface area (TPSA) is 43.3 Å². The van der Waals surface area contributed by atoms with Crippen molar-refractivity contribution in [3.63, 3.8) is 0 Å². The summed E-state index contributed by atoms with van der Waals surface area (Å²) >= 11 is 0. The number of nitrogens with zero attached hydrogens (tertiary/aromatic N) is 1. The summed E-state index contributed by atoms with van der Waals surface area (Å²) < 4.78 is 20.9. The lowest BCUT2D eigenvalue weighted by Gasteiger charge is -2.38. The second-order valence-electron chi connectivity index (χ2n) is 7.61. The molecule has 0 spiro atoms. The average molecular weight is 380 g/mol. The Balaban J connectivity index is 1.50. The molecule has 2 heterocycles. The van der Waals surface area contributed by atoms with Gasteiger partial charge in [0.15, 0.2) is 0 Å². The van der Waals surface area contributed by atoms with Crippen molar-refractivity contribution >= 4 is 16.8 Å². The summed E-state index contributed by atoms with van der Waals surface area (Å²) in [7, 11) is 0. The zero-order chi connectivity index (χ0) is 19.6. The molecule has 0 aliphatic carbocycles. The fraction of sp³-hybridized carbons (Fsp3) is 0.348. The maximum absolute atomic E-state index is 13.4. The molecule has 0 bridgehead atoms. The van der Waals surface area contributed by atoms with Crippen LogP contribution in [0.1, 0.15) is 24.1 Å². The molecular formula is C23H25FN2O2. The summed E-state index contributed by atoms with van der Waals surface area (Å²) in [5, 5.41) is 4.27. The summed E-state index contributed by atoms with van der Waals surface area (Å²) in [4.78, 5) is 12.8. The zero-order valence-corrected chi connectivity index (χ0v) is 16.1. The summed E-state index contributed by atoms with van der Waals surface area (Å²) in [6.45, 7) is 4.13. The number of fused-ring (bicyclic) bond motifs is 1. The minimum Gasteiger partial charge on any atom is -0.381 e. The molecule has 0 saturated carbocycles. The maximum atomic E-state index is 13.4. The van der Waals surface area contributed by atoms with Gasteiger partial charge < -0.3 is 14.6 Å². The fourth-order valence-electron chi connectivity index (χ4n) is 4.16. The van der Waals surface area contributed by atoms with Crippen LogP contribution < -0.4 is 5.32 Å². The first kappa shape index (κ1) is 18.7. The number of carbonyl (C=O) groups is 1. The van der Waals surface area contributed by atoms with Crippen LogP contribution in [-0.4, -0.2) is 30.2 Å². The van der Waals surface area contributed by atoms with Crippen molar-refractivity contribution in [2.75, 3.05) is 19.8 Å². The number of aromatic nitrogens is 1. The smallest absolute Gasteiger partial charge is 0.239 e. The molecule has 0 unspecified atom stereocenters. The van der Waals surface area contributed by atoms with E-state index >= 15 is 0 Å². The molecular weight excluding hydrogens is 355 g/mol. The minimum absolute atomic E-state index is 0.0163. The van der Waals surface area contributed by atoms with Gasteiger partial charge in [0.25, 0.3) is 0 Å². The summed E-state index contributed by atoms with van der Waals surface area (Å²) in [5.41, 5.74) is 2.97. The van der Waals surface area contributed by atoms with E-state index in [4.69, 9.17) is 4.74 Å². The highest BCUT2D eigenvalue weighted by molar-refractivity contribution is 5.84. The molecule has 2 aromatic carbocycles. The molecule has 4 rings (SSSR count). The van der Waals surface area contributed by atoms with Crippen molar-refractivity contribution in [3.8, 4) is 0 Å². The Bertz CT molecular complexity index is 972. The molecule has 5 heteroatoms. The van der Waals surface area contributed by atoms with Crippen LogP contribution in [0, 0.1) is 12.7 Å². The van der Waals surface area contributed by atoms with Crippen LogP contribution in [0.5, 0.6) is 0 Å². The van der Waals surface area contributed by atoms with Gasteiger partial charge in [-0.15, -0.1) is 0 Å². The highest BCUT2D eigenvalue weighted by atomic mass is 19.1. The number of carbonyl (C=O) groups excluding carboxylic acids is 1. The van der Waals surface area contributed by atoms with E-state index in [1.807, 2.05) is 41.8 Å². The standard InChI is InChI=1S/C23H25FN2O2/c1-17-14-18-4-2-3-5-21(18)26(17)15-22(27)25-16-23(10-12-28-13-11-23)19-6-8-20(24)9-7-19/h2-9,14H,10-13,15-16H2,1H3,(H,25,27). The molecule has 1 aliphatic heterocycles. The third-order valence-electron chi connectivity index (χ3n) is 5.85. The first-order valence-corrected chi connectivity index (χ1v) is 9.73. The van der Waals surface area contributed by atoms with E-state index in [-0.39, 0.29) is 23.7 Å². The van der Waals surface area contributed by atoms with E-state index in [0.717, 1.165) is 35.0 Å². The Morgan fingerprint density at radius 2 is 1.86 bits per heavy atom. The SMILES string of the molecule is Cc1cc2ccccc2n1CC(=O)NCC1(c2ccc(F)cc2)CCOCC1. The molecule has 0 radical (unpaired) electrons. The van der Waals surface area contributed by atoms with E-state index in [1.165, 1.54) is 12.1 Å². The van der Waals surface area contributed by atoms with E-state index in [1.54, 1.807) is 0 Å². The normalized spacial score (nSPS) is 16.2. The van der Waals surface area contributed by atoms with Crippen LogP contribution in [-0.2, 0) is 21.5 Å². The number of hydrogen-bond donors (Lipinski definition) is 1. The van der Waals surface area contributed by atoms with E-state index < -0.39 is 0 Å². The number of hydrogen-bond acceptors (Lipinski definition) is 2. The van der Waals surface area contributed by atoms with Gasteiger partial charge in [0.2, 0.25) is 5.91 Å². The predicted molar refractivity (Wildman–Crippen MR) is 108 cm³/mol. The van der Waals surface area contributed by atoms with Gasteiger partial charge in [-0.3, -0.25) is 4.79 Å². The lowest BCUT2D eigenvalue weighted by atomic mass is 9.74. The van der Waals surface area contributed by atoms with Gasteiger partial charge in [-0.1, -0.05) is 30.3 Å². The Morgan fingerprint density at radius 3 is 2.61 bits per heavy atom. The number of benzene rings is 2. The van der Waals surface area contributed by atoms with Crippen molar-refractivity contribution < 1.29 is 13.9 Å². The number of halogens is 1. The third kappa shape index (κ3) is 3.67. The van der Waals surface area contributed by atoms with E-state index in [2.05, 4.69) is 17.4 Å². The van der Waals surface area contributed by atoms with E-state index in [9.17, 15) is 9.18 Å². The molecule has 146 valence electrons. The number of nitrogens with one attached hydrogen (secondary N) is 1. The van der Waals surface area contributed by atoms with E-state index in [0.29, 0.717) is 19.8 Å². The molecule has 1 N–H and O–H groups in total. The molecule has 1 saturated heterocycles. The van der Waals surface area contributed by atoms with Crippen LogP contribution in [0.2, 0.25) is 0 Å². The molecule has 4 nitrogen and oxygen atoms in total. The molecule has 28 heavy (non-hydrogen) atoms. The lowest BCUT2D eigenvalue weighted by Crippen LogP contribution is -2.45. The van der Waals surface area contributed by atoms with Gasteiger partial charge in [0.1, 0.15) is 12.4 Å². The quantitative estimate of drug-likeness (QED) is 0.728. The van der Waals surface area contributed by atoms with Crippen LogP contribution >= 0.6 is 0 Å². The zero-order valence-electron chi connectivity index (χ0n) is 16.1. The number of para-hydroxylation sites is 1. The highest BCUT2D eigenvalue weighted by Gasteiger charge is 2.34. The van der Waals surface area contributed by atoms with Gasteiger partial charge in [0.05, 0.1) is 0 Å². The van der Waals surface area contributed by atoms with Crippen molar-refractivity contribution in [1.82, 2.24) is 9.88 Å².